The van der Waals surface area contributed by atoms with Gasteiger partial charge in [0.25, 0.3) is 0 Å². The minimum Gasteiger partial charge on any atom is -0.465 e. The van der Waals surface area contributed by atoms with Gasteiger partial charge in [-0.25, -0.2) is 4.79 Å². The molecule has 0 saturated carbocycles. The van der Waals surface area contributed by atoms with E-state index < -0.39 is 6.09 Å². The van der Waals surface area contributed by atoms with Gasteiger partial charge in [0.1, 0.15) is 0 Å². The van der Waals surface area contributed by atoms with Crippen molar-refractivity contribution in [1.29, 1.82) is 0 Å². The summed E-state index contributed by atoms with van der Waals surface area (Å²) >= 11 is 3.53. The van der Waals surface area contributed by atoms with Gasteiger partial charge in [0.2, 0.25) is 0 Å². The van der Waals surface area contributed by atoms with Crippen LogP contribution < -0.4 is 5.32 Å². The third kappa shape index (κ3) is 3.02. The number of nitrogens with one attached hydrogen (secondary N) is 1. The van der Waals surface area contributed by atoms with E-state index in [1.807, 2.05) is 12.1 Å². The molecule has 0 bridgehead atoms. The first-order valence-electron chi connectivity index (χ1n) is 7.39. The van der Waals surface area contributed by atoms with Crippen LogP contribution in [-0.4, -0.2) is 17.7 Å². The van der Waals surface area contributed by atoms with Crippen LogP contribution in [0.4, 0.5) is 4.79 Å². The molecule has 2 N–H and O–H groups in total. The van der Waals surface area contributed by atoms with Crippen molar-refractivity contribution in [3.05, 3.63) is 69.7 Å². The smallest absolute Gasteiger partial charge is 0.404 e. The van der Waals surface area contributed by atoms with Crippen LogP contribution >= 0.6 is 15.9 Å². The Morgan fingerprint density at radius 1 is 1.18 bits per heavy atom. The van der Waals surface area contributed by atoms with E-state index in [1.54, 1.807) is 0 Å². The lowest BCUT2D eigenvalue weighted by Crippen LogP contribution is -2.44. The van der Waals surface area contributed by atoms with E-state index >= 15 is 0 Å². The first kappa shape index (κ1) is 15.1. The van der Waals surface area contributed by atoms with Crippen molar-refractivity contribution >= 4 is 22.0 Å². The molecule has 2 aromatic carbocycles. The molecule has 22 heavy (non-hydrogen) atoms. The van der Waals surface area contributed by atoms with Crippen LogP contribution in [0, 0.1) is 0 Å². The van der Waals surface area contributed by atoms with Crippen molar-refractivity contribution in [2.45, 2.75) is 24.7 Å². The highest BCUT2D eigenvalue weighted by atomic mass is 79.9. The van der Waals surface area contributed by atoms with Crippen LogP contribution in [0.2, 0.25) is 0 Å². The van der Waals surface area contributed by atoms with Crippen molar-refractivity contribution in [3.63, 3.8) is 0 Å². The molecule has 3 rings (SSSR count). The maximum atomic E-state index is 11.0. The summed E-state index contributed by atoms with van der Waals surface area (Å²) in [7, 11) is 0. The molecular formula is C18H18BrNO2. The Labute approximate surface area is 138 Å². The number of carboxylic acid groups (broad SMARTS) is 1. The van der Waals surface area contributed by atoms with Gasteiger partial charge in [0.05, 0.1) is 0 Å². The Hall–Kier alpha value is -1.81. The molecule has 1 aliphatic carbocycles. The van der Waals surface area contributed by atoms with Crippen LogP contribution in [0.5, 0.6) is 0 Å². The van der Waals surface area contributed by atoms with Gasteiger partial charge in [-0.05, 0) is 48.1 Å². The minimum absolute atomic E-state index is 0.184. The summed E-state index contributed by atoms with van der Waals surface area (Å²) in [5.74, 6) is 0. The van der Waals surface area contributed by atoms with E-state index in [9.17, 15) is 4.79 Å². The van der Waals surface area contributed by atoms with Crippen LogP contribution in [0.25, 0.3) is 0 Å². The molecule has 1 aliphatic rings. The second-order valence-electron chi connectivity index (χ2n) is 5.89. The molecule has 0 heterocycles. The molecule has 1 unspecified atom stereocenters. The van der Waals surface area contributed by atoms with Crippen LogP contribution in [0.1, 0.15) is 23.1 Å². The van der Waals surface area contributed by atoms with Crippen molar-refractivity contribution < 1.29 is 9.90 Å². The molecule has 0 radical (unpaired) electrons. The van der Waals surface area contributed by atoms with E-state index in [2.05, 4.69) is 57.6 Å². The Balaban J connectivity index is 2.00. The predicted molar refractivity (Wildman–Crippen MR) is 90.3 cm³/mol. The Kier molecular flexibility index (Phi) is 4.21. The fraction of sp³-hybridized carbons (Fsp3) is 0.278. The third-order valence-corrected chi connectivity index (χ3v) is 5.03. The number of carbonyl (C=O) groups is 1. The van der Waals surface area contributed by atoms with Crippen LogP contribution in [0.15, 0.2) is 53.0 Å². The van der Waals surface area contributed by atoms with Crippen molar-refractivity contribution in [3.8, 4) is 0 Å². The van der Waals surface area contributed by atoms with Crippen LogP contribution in [-0.2, 0) is 18.3 Å². The van der Waals surface area contributed by atoms with Gasteiger partial charge in [-0.15, -0.1) is 0 Å². The average Bonchev–Trinajstić information content (AvgIpc) is 2.53. The largest absolute Gasteiger partial charge is 0.465 e. The molecule has 0 aromatic heterocycles. The lowest BCUT2D eigenvalue weighted by Gasteiger charge is -2.39. The number of amides is 1. The molecule has 0 saturated heterocycles. The molecule has 3 nitrogen and oxygen atoms in total. The van der Waals surface area contributed by atoms with E-state index in [0.29, 0.717) is 6.54 Å². The molecule has 114 valence electrons. The number of hydrogen-bond acceptors (Lipinski definition) is 1. The summed E-state index contributed by atoms with van der Waals surface area (Å²) in [5, 5.41) is 11.6. The molecular weight excluding hydrogens is 342 g/mol. The van der Waals surface area contributed by atoms with E-state index in [1.165, 1.54) is 16.7 Å². The summed E-state index contributed by atoms with van der Waals surface area (Å²) in [4.78, 5) is 11.0. The Bertz CT molecular complexity index is 701. The van der Waals surface area contributed by atoms with Crippen molar-refractivity contribution in [2.75, 3.05) is 6.54 Å². The number of halogens is 1. The van der Waals surface area contributed by atoms with E-state index in [0.717, 1.165) is 23.7 Å². The fourth-order valence-electron chi connectivity index (χ4n) is 3.36. The predicted octanol–water partition coefficient (Wildman–Crippen LogP) is 4.14. The minimum atomic E-state index is -0.965. The van der Waals surface area contributed by atoms with Gasteiger partial charge >= 0.3 is 6.09 Å². The number of fused-ring (bicyclic) bond motifs is 1. The average molecular weight is 360 g/mol. The second-order valence-corrected chi connectivity index (χ2v) is 6.81. The van der Waals surface area contributed by atoms with Gasteiger partial charge in [0, 0.05) is 16.4 Å². The number of rotatable bonds is 3. The Morgan fingerprint density at radius 3 is 2.68 bits per heavy atom. The van der Waals surface area contributed by atoms with Gasteiger partial charge in [0.15, 0.2) is 0 Å². The second kappa shape index (κ2) is 6.13. The first-order chi connectivity index (χ1) is 10.6. The summed E-state index contributed by atoms with van der Waals surface area (Å²) in [6.45, 7) is 0.438. The topological polar surface area (TPSA) is 49.3 Å². The monoisotopic (exact) mass is 359 g/mol. The zero-order chi connectivity index (χ0) is 15.6. The maximum Gasteiger partial charge on any atom is 0.404 e. The molecule has 0 fully saturated rings. The molecule has 1 atom stereocenters. The number of aryl methyl sites for hydroxylation is 1. The SMILES string of the molecule is O=C(O)NCC1(c2cccc(Br)c2)CCc2ccccc2C1. The summed E-state index contributed by atoms with van der Waals surface area (Å²) in [6, 6.07) is 16.7. The lowest BCUT2D eigenvalue weighted by molar-refractivity contribution is 0.189. The summed E-state index contributed by atoms with van der Waals surface area (Å²) < 4.78 is 1.03. The normalized spacial score (nSPS) is 20.2. The zero-order valence-corrected chi connectivity index (χ0v) is 13.8. The highest BCUT2D eigenvalue weighted by Gasteiger charge is 2.36. The van der Waals surface area contributed by atoms with E-state index in [-0.39, 0.29) is 5.41 Å². The van der Waals surface area contributed by atoms with Crippen LogP contribution in [0.3, 0.4) is 0 Å². The van der Waals surface area contributed by atoms with Gasteiger partial charge < -0.3 is 10.4 Å². The van der Waals surface area contributed by atoms with Crippen molar-refractivity contribution in [1.82, 2.24) is 5.32 Å². The van der Waals surface area contributed by atoms with E-state index in [4.69, 9.17) is 5.11 Å². The quantitative estimate of drug-likeness (QED) is 0.864. The first-order valence-corrected chi connectivity index (χ1v) is 8.18. The maximum absolute atomic E-state index is 11.0. The van der Waals surface area contributed by atoms with Gasteiger partial charge in [-0.3, -0.25) is 0 Å². The molecule has 1 amide bonds. The summed E-state index contributed by atoms with van der Waals surface area (Å²) in [6.07, 6.45) is 1.82. The fourth-order valence-corrected chi connectivity index (χ4v) is 3.76. The molecule has 4 heteroatoms. The number of hydrogen-bond donors (Lipinski definition) is 2. The third-order valence-electron chi connectivity index (χ3n) is 4.54. The standard InChI is InChI=1S/C18H18BrNO2/c19-16-7-3-6-15(10-16)18(12-20-17(21)22)9-8-13-4-1-2-5-14(13)11-18/h1-7,10,20H,8-9,11-12H2,(H,21,22). The number of benzene rings is 2. The summed E-state index contributed by atoms with van der Waals surface area (Å²) in [5.41, 5.74) is 3.70. The molecule has 2 aromatic rings. The lowest BCUT2D eigenvalue weighted by atomic mass is 9.67. The zero-order valence-electron chi connectivity index (χ0n) is 12.2. The highest BCUT2D eigenvalue weighted by molar-refractivity contribution is 9.10. The van der Waals surface area contributed by atoms with Gasteiger partial charge in [-0.1, -0.05) is 52.3 Å². The molecule has 0 spiro atoms. The van der Waals surface area contributed by atoms with Gasteiger partial charge in [-0.2, -0.15) is 0 Å². The molecule has 0 aliphatic heterocycles. The highest BCUT2D eigenvalue weighted by Crippen LogP contribution is 2.39. The Morgan fingerprint density at radius 2 is 1.95 bits per heavy atom. The van der Waals surface area contributed by atoms with Crippen molar-refractivity contribution in [2.24, 2.45) is 0 Å².